The van der Waals surface area contributed by atoms with Gasteiger partial charge in [0, 0.05) is 12.8 Å². The maximum atomic E-state index is 13.0. The lowest BCUT2D eigenvalue weighted by Gasteiger charge is -2.29. The highest BCUT2D eigenvalue weighted by molar-refractivity contribution is 7.80. The summed E-state index contributed by atoms with van der Waals surface area (Å²) in [5.41, 5.74) is -1.57. The summed E-state index contributed by atoms with van der Waals surface area (Å²) in [5, 5.41) is 11.2. The normalized spacial score (nSPS) is 12.9. The molecule has 0 aromatic carbocycles. The smallest absolute Gasteiger partial charge is 0.266 e. The molecule has 0 aromatic rings. The van der Waals surface area contributed by atoms with Gasteiger partial charge in [0.05, 0.1) is 27.6 Å². The first-order chi connectivity index (χ1) is 24.4. The molecule has 0 spiro atoms. The third-order valence-corrected chi connectivity index (χ3v) is 10.3. The summed E-state index contributed by atoms with van der Waals surface area (Å²) in [6.07, 6.45) is 39.8. The Morgan fingerprint density at radius 1 is 0.549 bits per heavy atom. The number of hydrogen-bond donors (Lipinski definition) is 2. The van der Waals surface area contributed by atoms with Crippen LogP contribution in [0.4, 0.5) is 0 Å². The molecule has 2 N–H and O–H groups in total. The van der Waals surface area contributed by atoms with Gasteiger partial charge in [0.15, 0.2) is 0 Å². The minimum atomic E-state index is -4.65. The first-order valence-corrected chi connectivity index (χ1v) is 22.5. The molecule has 306 valence electrons. The van der Waals surface area contributed by atoms with Crippen LogP contribution in [0.5, 0.6) is 0 Å². The third kappa shape index (κ3) is 37.2. The van der Waals surface area contributed by atoms with Crippen molar-refractivity contribution in [1.29, 1.82) is 0 Å². The van der Waals surface area contributed by atoms with Gasteiger partial charge in [0.2, 0.25) is 16.2 Å². The average Bonchev–Trinajstić information content (AvgIpc) is 3.07. The van der Waals surface area contributed by atoms with E-state index < -0.39 is 16.1 Å². The predicted octanol–water partition coefficient (Wildman–Crippen LogP) is 9.90. The van der Waals surface area contributed by atoms with Crippen LogP contribution < -0.4 is 4.90 Å². The van der Waals surface area contributed by atoms with Crippen molar-refractivity contribution in [1.82, 2.24) is 0 Å². The number of aliphatic hydroxyl groups is 1. The van der Waals surface area contributed by atoms with Crippen molar-refractivity contribution < 1.29 is 41.8 Å². The fourth-order valence-corrected chi connectivity index (χ4v) is 6.74. The largest absolute Gasteiger partial charge is 0.724 e. The highest BCUT2D eigenvalue weighted by Crippen LogP contribution is 2.18. The van der Waals surface area contributed by atoms with Crippen LogP contribution in [0.2, 0.25) is 0 Å². The number of nitrogens with one attached hydrogen (secondary N) is 1. The second-order valence-electron chi connectivity index (χ2n) is 15.0. The zero-order valence-corrected chi connectivity index (χ0v) is 34.9. The monoisotopic (exact) mass is 750 g/mol. The van der Waals surface area contributed by atoms with E-state index in [4.69, 9.17) is 0 Å². The number of carbonyl (C=O) groups is 2. The summed E-state index contributed by atoms with van der Waals surface area (Å²) in [4.78, 5) is 29.8. The van der Waals surface area contributed by atoms with Crippen LogP contribution >= 0.6 is 0 Å². The Morgan fingerprint density at radius 3 is 1.06 bits per heavy atom. The first kappa shape index (κ1) is 52.2. The molecule has 51 heavy (non-hydrogen) atoms. The summed E-state index contributed by atoms with van der Waals surface area (Å²) in [6.45, 7) is 4.55. The first-order valence-electron chi connectivity index (χ1n) is 21.2. The fourth-order valence-electron chi connectivity index (χ4n) is 6.57. The molecule has 0 radical (unpaired) electrons. The van der Waals surface area contributed by atoms with E-state index in [1.165, 1.54) is 161 Å². The van der Waals surface area contributed by atoms with Gasteiger partial charge >= 0.3 is 0 Å². The van der Waals surface area contributed by atoms with Crippen LogP contribution in [-0.4, -0.2) is 56.6 Å². The minimum absolute atomic E-state index is 0.0354. The number of likely N-dealkylation sites (N-methyl/N-ethyl adjacent to an activating group) is 1. The molecular formula is C41H83NO8S. The van der Waals surface area contributed by atoms with Gasteiger partial charge in [-0.25, -0.2) is 13.3 Å². The van der Waals surface area contributed by atoms with Crippen LogP contribution in [0.15, 0.2) is 0 Å². The second-order valence-corrected chi connectivity index (χ2v) is 16.0. The molecular weight excluding hydrogens is 667 g/mol. The topological polar surface area (TPSA) is 134 Å². The Balaban J connectivity index is 0. The standard InChI is InChI=1S/C40H79NO3.CH4O5S/c1-5-7-9-11-13-15-17-19-21-23-25-27-29-31-33-35-38(42)37-40(44,41(3)4)39(43)36-34-32-30-28-26-24-22-20-18-16-14-12-10-8-6-2;1-5-6-7(2,3)4/h44H,5-37H2,1-4H3;1H3,(H,2,3,4). The molecule has 0 amide bonds. The Labute approximate surface area is 315 Å². The van der Waals surface area contributed by atoms with Gasteiger partial charge < -0.3 is 14.6 Å². The van der Waals surface area contributed by atoms with E-state index in [2.05, 4.69) is 23.1 Å². The van der Waals surface area contributed by atoms with E-state index in [1.54, 1.807) is 14.1 Å². The van der Waals surface area contributed by atoms with Crippen molar-refractivity contribution in [3.8, 4) is 0 Å². The lowest BCUT2D eigenvalue weighted by atomic mass is 9.93. The van der Waals surface area contributed by atoms with Gasteiger partial charge in [-0.15, -0.1) is 4.33 Å². The van der Waals surface area contributed by atoms with E-state index in [0.717, 1.165) is 39.2 Å². The van der Waals surface area contributed by atoms with Gasteiger partial charge in [-0.1, -0.05) is 194 Å². The molecule has 0 rings (SSSR count). The van der Waals surface area contributed by atoms with Crippen molar-refractivity contribution in [3.05, 3.63) is 0 Å². The third-order valence-electron chi connectivity index (χ3n) is 9.96. The molecule has 0 aliphatic carbocycles. The van der Waals surface area contributed by atoms with Crippen molar-refractivity contribution in [2.75, 3.05) is 21.2 Å². The van der Waals surface area contributed by atoms with Gasteiger partial charge in [-0.05, 0) is 12.8 Å². The zero-order chi connectivity index (χ0) is 38.5. The Morgan fingerprint density at radius 2 is 0.824 bits per heavy atom. The number of quaternary nitrogens is 1. The number of unbranched alkanes of at least 4 members (excludes halogenated alkanes) is 28. The number of hydrogen-bond acceptors (Lipinski definition) is 8. The van der Waals surface area contributed by atoms with Crippen LogP contribution in [-0.2, 0) is 29.2 Å². The predicted molar refractivity (Wildman–Crippen MR) is 209 cm³/mol. The number of carbonyl (C=O) groups excluding carboxylic acids is 2. The highest BCUT2D eigenvalue weighted by Gasteiger charge is 2.43. The van der Waals surface area contributed by atoms with Crippen molar-refractivity contribution in [2.24, 2.45) is 0 Å². The van der Waals surface area contributed by atoms with Crippen LogP contribution in [0.1, 0.15) is 226 Å². The molecule has 1 unspecified atom stereocenters. The molecule has 0 aliphatic rings. The van der Waals surface area contributed by atoms with Crippen LogP contribution in [0, 0.1) is 0 Å². The van der Waals surface area contributed by atoms with Gasteiger partial charge in [-0.2, -0.15) is 0 Å². The molecule has 0 aromatic heterocycles. The Kier molecular flexibility index (Phi) is 38.3. The van der Waals surface area contributed by atoms with Gasteiger partial charge in [0.1, 0.15) is 5.78 Å². The van der Waals surface area contributed by atoms with E-state index in [0.29, 0.717) is 17.7 Å². The summed E-state index contributed by atoms with van der Waals surface area (Å²) in [6, 6.07) is 0. The second kappa shape index (κ2) is 37.4. The minimum Gasteiger partial charge on any atom is -0.724 e. The van der Waals surface area contributed by atoms with Crippen LogP contribution in [0.3, 0.4) is 0 Å². The van der Waals surface area contributed by atoms with Crippen molar-refractivity contribution in [2.45, 2.75) is 231 Å². The quantitative estimate of drug-likeness (QED) is 0.0159. The molecule has 10 heteroatoms. The van der Waals surface area contributed by atoms with Gasteiger partial charge in [-0.3, -0.25) is 9.59 Å². The molecule has 0 aliphatic heterocycles. The summed E-state index contributed by atoms with van der Waals surface area (Å²) in [5.74, 6) is -0.120. The maximum absolute atomic E-state index is 13.0. The molecule has 1 atom stereocenters. The van der Waals surface area contributed by atoms with E-state index in [-0.39, 0.29) is 18.0 Å². The van der Waals surface area contributed by atoms with E-state index in [1.807, 2.05) is 0 Å². The molecule has 9 nitrogen and oxygen atoms in total. The van der Waals surface area contributed by atoms with E-state index >= 15 is 0 Å². The molecule has 0 heterocycles. The molecule has 0 saturated carbocycles. The summed E-state index contributed by atoms with van der Waals surface area (Å²) in [7, 11) is -0.127. The average molecular weight is 750 g/mol. The van der Waals surface area contributed by atoms with Crippen LogP contribution in [0.25, 0.3) is 0 Å². The summed E-state index contributed by atoms with van der Waals surface area (Å²) < 4.78 is 31.1. The Bertz CT molecular complexity index is 883. The molecule has 0 bridgehead atoms. The van der Waals surface area contributed by atoms with Crippen molar-refractivity contribution in [3.63, 3.8) is 0 Å². The lowest BCUT2D eigenvalue weighted by molar-refractivity contribution is -0.929. The fraction of sp³-hybridized carbons (Fsp3) is 0.951. The lowest BCUT2D eigenvalue weighted by Crippen LogP contribution is -3.17. The number of Topliss-reactive ketones (excluding diaryl/α,β-unsaturated/α-hetero) is 2. The van der Waals surface area contributed by atoms with Crippen molar-refractivity contribution >= 4 is 22.0 Å². The maximum Gasteiger partial charge on any atom is 0.266 e. The Hall–Kier alpha value is -0.910. The molecule has 0 saturated heterocycles. The summed E-state index contributed by atoms with van der Waals surface area (Å²) >= 11 is 0. The van der Waals surface area contributed by atoms with E-state index in [9.17, 15) is 27.7 Å². The highest BCUT2D eigenvalue weighted by atomic mass is 32.3. The number of ketones is 2. The zero-order valence-electron chi connectivity index (χ0n) is 34.0. The van der Waals surface area contributed by atoms with Gasteiger partial charge in [0.25, 0.3) is 5.72 Å². The number of rotatable bonds is 38. The molecule has 0 fully saturated rings. The SMILES string of the molecule is CCCCCCCCCCCCCCCCCC(=O)CC(O)(C(=O)CCCCCCCCCCCCCCCCC)[NH+](C)C.COOS(=O)(=O)[O-].